The minimum absolute atomic E-state index is 0.137. The summed E-state index contributed by atoms with van der Waals surface area (Å²) in [6.07, 6.45) is -1.15. The van der Waals surface area contributed by atoms with E-state index in [1.54, 1.807) is 0 Å². The number of amides is 1. The number of ether oxygens (including phenoxy) is 1. The zero-order valence-corrected chi connectivity index (χ0v) is 8.89. The second-order valence-corrected chi connectivity index (χ2v) is 3.56. The summed E-state index contributed by atoms with van der Waals surface area (Å²) < 4.78 is 29.9. The van der Waals surface area contributed by atoms with E-state index in [9.17, 15) is 18.4 Å². The van der Waals surface area contributed by atoms with Crippen LogP contribution in [0.1, 0.15) is 12.8 Å². The van der Waals surface area contributed by atoms with Crippen molar-refractivity contribution < 1.29 is 23.1 Å². The fraction of sp³-hybridized carbons (Fsp3) is 0.778. The van der Waals surface area contributed by atoms with E-state index in [1.807, 2.05) is 0 Å². The van der Waals surface area contributed by atoms with Crippen molar-refractivity contribution in [3.8, 4) is 0 Å². The van der Waals surface area contributed by atoms with Crippen molar-refractivity contribution >= 4 is 11.9 Å². The van der Waals surface area contributed by atoms with Crippen LogP contribution in [0.5, 0.6) is 0 Å². The summed E-state index contributed by atoms with van der Waals surface area (Å²) in [5, 5.41) is 5.21. The van der Waals surface area contributed by atoms with Crippen LogP contribution in [-0.4, -0.2) is 44.0 Å². The van der Waals surface area contributed by atoms with Gasteiger partial charge in [0.25, 0.3) is 0 Å². The summed E-state index contributed by atoms with van der Waals surface area (Å²) in [5.41, 5.74) is 0. The van der Waals surface area contributed by atoms with Crippen LogP contribution in [0.15, 0.2) is 0 Å². The zero-order valence-electron chi connectivity index (χ0n) is 8.89. The van der Waals surface area contributed by atoms with Crippen molar-refractivity contribution in [2.24, 2.45) is 0 Å². The molecule has 1 aliphatic heterocycles. The molecule has 0 radical (unpaired) electrons. The highest BCUT2D eigenvalue weighted by Gasteiger charge is 2.50. The molecule has 1 aliphatic rings. The van der Waals surface area contributed by atoms with Gasteiger partial charge < -0.3 is 15.4 Å². The molecule has 1 saturated heterocycles. The molecule has 1 amide bonds. The van der Waals surface area contributed by atoms with Crippen molar-refractivity contribution in [3.05, 3.63) is 0 Å². The fourth-order valence-electron chi connectivity index (χ4n) is 1.35. The summed E-state index contributed by atoms with van der Waals surface area (Å²) in [5.74, 6) is -4.97. The molecule has 7 heteroatoms. The molecule has 0 aromatic rings. The minimum atomic E-state index is -3.37. The summed E-state index contributed by atoms with van der Waals surface area (Å²) >= 11 is 0. The second kappa shape index (κ2) is 5.20. The Morgan fingerprint density at radius 3 is 2.81 bits per heavy atom. The van der Waals surface area contributed by atoms with E-state index in [2.05, 4.69) is 15.4 Å². The number of carbonyl (C=O) groups is 2. The molecule has 0 aromatic carbocycles. The Labute approximate surface area is 91.5 Å². The van der Waals surface area contributed by atoms with Crippen LogP contribution in [0.4, 0.5) is 8.78 Å². The molecular weight excluding hydrogens is 222 g/mol. The Kier molecular flexibility index (Phi) is 4.17. The monoisotopic (exact) mass is 236 g/mol. The standard InChI is InChI=1S/C9H14F2N2O3/c1-12-7(14)2-3-13-5-6-4-9(10,11)8(15)16-6/h6,13H,2-5H2,1H3,(H,12,14). The van der Waals surface area contributed by atoms with E-state index >= 15 is 0 Å². The molecule has 1 atom stereocenters. The van der Waals surface area contributed by atoms with Gasteiger partial charge in [0.15, 0.2) is 0 Å². The third-order valence-electron chi connectivity index (χ3n) is 2.24. The molecule has 0 spiro atoms. The first-order valence-corrected chi connectivity index (χ1v) is 4.96. The predicted octanol–water partition coefficient (Wildman–Crippen LogP) is -0.337. The molecule has 2 N–H and O–H groups in total. The molecule has 1 rings (SSSR count). The Balaban J connectivity index is 2.16. The third kappa shape index (κ3) is 3.41. The smallest absolute Gasteiger partial charge is 0.377 e. The van der Waals surface area contributed by atoms with Crippen molar-refractivity contribution in [1.29, 1.82) is 0 Å². The molecule has 1 fully saturated rings. The summed E-state index contributed by atoms with van der Waals surface area (Å²) in [6.45, 7) is 0.498. The number of esters is 1. The van der Waals surface area contributed by atoms with E-state index in [1.165, 1.54) is 7.05 Å². The topological polar surface area (TPSA) is 67.4 Å². The molecule has 5 nitrogen and oxygen atoms in total. The number of hydrogen-bond acceptors (Lipinski definition) is 4. The average molecular weight is 236 g/mol. The van der Waals surface area contributed by atoms with Crippen LogP contribution in [0, 0.1) is 0 Å². The number of halogens is 2. The zero-order chi connectivity index (χ0) is 12.2. The highest BCUT2D eigenvalue weighted by atomic mass is 19.3. The highest BCUT2D eigenvalue weighted by Crippen LogP contribution is 2.30. The number of nitrogens with one attached hydrogen (secondary N) is 2. The fourth-order valence-corrected chi connectivity index (χ4v) is 1.35. The van der Waals surface area contributed by atoms with Crippen LogP contribution in [-0.2, 0) is 14.3 Å². The van der Waals surface area contributed by atoms with Gasteiger partial charge in [-0.05, 0) is 0 Å². The normalized spacial score (nSPS) is 22.9. The predicted molar refractivity (Wildman–Crippen MR) is 51.0 cm³/mol. The molecule has 16 heavy (non-hydrogen) atoms. The lowest BCUT2D eigenvalue weighted by Gasteiger charge is -2.09. The van der Waals surface area contributed by atoms with E-state index in [0.717, 1.165) is 0 Å². The Bertz CT molecular complexity index is 284. The number of cyclic esters (lactones) is 1. The van der Waals surface area contributed by atoms with Gasteiger partial charge in [0.1, 0.15) is 6.10 Å². The Morgan fingerprint density at radius 1 is 1.62 bits per heavy atom. The molecule has 0 bridgehead atoms. The van der Waals surface area contributed by atoms with Gasteiger partial charge in [0.2, 0.25) is 5.91 Å². The van der Waals surface area contributed by atoms with E-state index in [4.69, 9.17) is 0 Å². The molecule has 0 aromatic heterocycles. The maximum absolute atomic E-state index is 12.7. The quantitative estimate of drug-likeness (QED) is 0.506. The molecule has 0 saturated carbocycles. The van der Waals surface area contributed by atoms with Gasteiger partial charge in [-0.25, -0.2) is 4.79 Å². The number of hydrogen-bond donors (Lipinski definition) is 2. The first kappa shape index (κ1) is 12.8. The lowest BCUT2D eigenvalue weighted by Crippen LogP contribution is -2.30. The van der Waals surface area contributed by atoms with Gasteiger partial charge in [0.05, 0.1) is 6.42 Å². The summed E-state index contributed by atoms with van der Waals surface area (Å²) in [4.78, 5) is 21.4. The Hall–Kier alpha value is -1.24. The molecular formula is C9H14F2N2O3. The van der Waals surface area contributed by atoms with Gasteiger partial charge >= 0.3 is 11.9 Å². The number of carbonyl (C=O) groups excluding carboxylic acids is 2. The van der Waals surface area contributed by atoms with E-state index < -0.39 is 24.4 Å². The Morgan fingerprint density at radius 2 is 2.31 bits per heavy atom. The molecule has 92 valence electrons. The van der Waals surface area contributed by atoms with Gasteiger partial charge in [0, 0.05) is 26.6 Å². The largest absolute Gasteiger partial charge is 0.456 e. The lowest BCUT2D eigenvalue weighted by atomic mass is 10.2. The average Bonchev–Trinajstić information content (AvgIpc) is 2.47. The first-order chi connectivity index (χ1) is 7.45. The van der Waals surface area contributed by atoms with E-state index in [-0.39, 0.29) is 18.9 Å². The van der Waals surface area contributed by atoms with Crippen molar-refractivity contribution in [3.63, 3.8) is 0 Å². The molecule has 1 unspecified atom stereocenters. The number of alkyl halides is 2. The minimum Gasteiger partial charge on any atom is -0.456 e. The van der Waals surface area contributed by atoms with Gasteiger partial charge in [-0.2, -0.15) is 8.78 Å². The first-order valence-electron chi connectivity index (χ1n) is 4.96. The van der Waals surface area contributed by atoms with E-state index in [0.29, 0.717) is 6.54 Å². The van der Waals surface area contributed by atoms with Gasteiger partial charge in [-0.15, -0.1) is 0 Å². The maximum Gasteiger partial charge on any atom is 0.377 e. The van der Waals surface area contributed by atoms with Crippen molar-refractivity contribution in [2.45, 2.75) is 24.9 Å². The summed E-state index contributed by atoms with van der Waals surface area (Å²) in [7, 11) is 1.52. The van der Waals surface area contributed by atoms with Crippen LogP contribution < -0.4 is 10.6 Å². The second-order valence-electron chi connectivity index (χ2n) is 3.56. The van der Waals surface area contributed by atoms with Crippen molar-refractivity contribution in [2.75, 3.05) is 20.1 Å². The van der Waals surface area contributed by atoms with Gasteiger partial charge in [-0.3, -0.25) is 4.79 Å². The van der Waals surface area contributed by atoms with Crippen LogP contribution >= 0.6 is 0 Å². The summed E-state index contributed by atoms with van der Waals surface area (Å²) in [6, 6.07) is 0. The van der Waals surface area contributed by atoms with Crippen LogP contribution in [0.25, 0.3) is 0 Å². The van der Waals surface area contributed by atoms with Crippen LogP contribution in [0.3, 0.4) is 0 Å². The lowest BCUT2D eigenvalue weighted by molar-refractivity contribution is -0.159. The SMILES string of the molecule is CNC(=O)CCNCC1CC(F)(F)C(=O)O1. The molecule has 1 heterocycles. The van der Waals surface area contributed by atoms with Crippen molar-refractivity contribution in [1.82, 2.24) is 10.6 Å². The van der Waals surface area contributed by atoms with Crippen LogP contribution in [0.2, 0.25) is 0 Å². The third-order valence-corrected chi connectivity index (χ3v) is 2.24. The molecule has 0 aliphatic carbocycles. The number of rotatable bonds is 5. The highest BCUT2D eigenvalue weighted by molar-refractivity contribution is 5.79. The van der Waals surface area contributed by atoms with Gasteiger partial charge in [-0.1, -0.05) is 0 Å². The maximum atomic E-state index is 12.7.